The number of hydrogen-bond acceptors (Lipinski definition) is 4. The fraction of sp³-hybridized carbons (Fsp3) is 0.200. The number of aromatic nitrogens is 2. The number of amides is 2. The van der Waals surface area contributed by atoms with E-state index in [-0.39, 0.29) is 36.4 Å². The van der Waals surface area contributed by atoms with Crippen LogP contribution in [0, 0.1) is 0 Å². The van der Waals surface area contributed by atoms with Crippen LogP contribution in [0.2, 0.25) is 0 Å². The molecule has 0 fully saturated rings. The Morgan fingerprint density at radius 1 is 1.15 bits per heavy atom. The molecule has 0 unspecified atom stereocenters. The highest BCUT2D eigenvalue weighted by molar-refractivity contribution is 6.04. The average molecular weight is 362 g/mol. The zero-order valence-corrected chi connectivity index (χ0v) is 14.8. The summed E-state index contributed by atoms with van der Waals surface area (Å²) in [6.07, 6.45) is 1.58. The molecule has 3 aromatic rings. The van der Waals surface area contributed by atoms with Crippen molar-refractivity contribution in [1.29, 1.82) is 0 Å². The zero-order chi connectivity index (χ0) is 19.0. The van der Waals surface area contributed by atoms with Crippen LogP contribution < -0.4 is 15.8 Å². The summed E-state index contributed by atoms with van der Waals surface area (Å²) in [5.74, 6) is -0.416. The predicted molar refractivity (Wildman–Crippen MR) is 103 cm³/mol. The van der Waals surface area contributed by atoms with Crippen molar-refractivity contribution in [3.05, 3.63) is 65.2 Å². The lowest BCUT2D eigenvalue weighted by Gasteiger charge is -2.28. The number of nitrogens with one attached hydrogen (secondary N) is 1. The topological polar surface area (TPSA) is 84.3 Å². The maximum Gasteiger partial charge on any atom is 0.261 e. The van der Waals surface area contributed by atoms with Gasteiger partial charge in [-0.25, -0.2) is 4.98 Å². The Morgan fingerprint density at radius 2 is 1.89 bits per heavy atom. The Hall–Kier alpha value is -3.48. The van der Waals surface area contributed by atoms with Crippen LogP contribution in [-0.4, -0.2) is 27.4 Å². The first-order valence-electron chi connectivity index (χ1n) is 8.70. The standard InChI is InChI=1S/C20H18N4O3/c1-13-10-18(25)22-16-8-4-5-9-17(16)24(13)19(26)11-23-12-21-15-7-3-2-6-14(15)20(23)27/h2-9,12-13H,10-11H2,1H3,(H,22,25)/t13-/m0/s1. The molecular weight excluding hydrogens is 344 g/mol. The molecule has 1 aromatic heterocycles. The second-order valence-electron chi connectivity index (χ2n) is 6.58. The van der Waals surface area contributed by atoms with Crippen molar-refractivity contribution in [2.75, 3.05) is 10.2 Å². The summed E-state index contributed by atoms with van der Waals surface area (Å²) in [5, 5.41) is 3.29. The van der Waals surface area contributed by atoms with E-state index in [9.17, 15) is 14.4 Å². The van der Waals surface area contributed by atoms with Gasteiger partial charge >= 0.3 is 0 Å². The van der Waals surface area contributed by atoms with Crippen LogP contribution in [0.5, 0.6) is 0 Å². The van der Waals surface area contributed by atoms with Crippen LogP contribution >= 0.6 is 0 Å². The SMILES string of the molecule is C[C@H]1CC(=O)Nc2ccccc2N1C(=O)Cn1cnc2ccccc2c1=O. The third-order valence-corrected chi connectivity index (χ3v) is 4.67. The van der Waals surface area contributed by atoms with Gasteiger partial charge in [0.1, 0.15) is 6.54 Å². The minimum Gasteiger partial charge on any atom is -0.324 e. The lowest BCUT2D eigenvalue weighted by Crippen LogP contribution is -2.42. The van der Waals surface area contributed by atoms with Gasteiger partial charge in [0, 0.05) is 12.5 Å². The van der Waals surface area contributed by atoms with Crippen LogP contribution in [0.25, 0.3) is 10.9 Å². The van der Waals surface area contributed by atoms with Gasteiger partial charge < -0.3 is 10.2 Å². The minimum absolute atomic E-state index is 0.144. The van der Waals surface area contributed by atoms with Crippen LogP contribution in [0.3, 0.4) is 0 Å². The number of carbonyl (C=O) groups excluding carboxylic acids is 2. The summed E-state index contributed by atoms with van der Waals surface area (Å²) in [4.78, 5) is 43.7. The molecule has 27 heavy (non-hydrogen) atoms. The molecule has 0 radical (unpaired) electrons. The van der Waals surface area contributed by atoms with E-state index in [0.29, 0.717) is 22.3 Å². The second kappa shape index (κ2) is 6.68. The van der Waals surface area contributed by atoms with E-state index in [0.717, 1.165) is 0 Å². The van der Waals surface area contributed by atoms with E-state index in [1.807, 2.05) is 19.1 Å². The average Bonchev–Trinajstić information content (AvgIpc) is 2.78. The molecule has 1 N–H and O–H groups in total. The molecule has 2 aromatic carbocycles. The molecule has 136 valence electrons. The summed E-state index contributed by atoms with van der Waals surface area (Å²) >= 11 is 0. The van der Waals surface area contributed by atoms with Gasteiger partial charge in [-0.1, -0.05) is 24.3 Å². The highest BCUT2D eigenvalue weighted by Gasteiger charge is 2.29. The number of nitrogens with zero attached hydrogens (tertiary/aromatic N) is 3. The lowest BCUT2D eigenvalue weighted by atomic mass is 10.1. The predicted octanol–water partition coefficient (Wildman–Crippen LogP) is 2.16. The van der Waals surface area contributed by atoms with Crippen LogP contribution in [0.15, 0.2) is 59.7 Å². The van der Waals surface area contributed by atoms with Crippen LogP contribution in [-0.2, 0) is 16.1 Å². The van der Waals surface area contributed by atoms with Crippen molar-refractivity contribution >= 4 is 34.1 Å². The van der Waals surface area contributed by atoms with Crippen LogP contribution in [0.1, 0.15) is 13.3 Å². The van der Waals surface area contributed by atoms with Gasteiger partial charge in [0.15, 0.2) is 0 Å². The first kappa shape index (κ1) is 17.0. The van der Waals surface area contributed by atoms with Gasteiger partial charge in [-0.3, -0.25) is 19.0 Å². The molecule has 0 spiro atoms. The van der Waals surface area contributed by atoms with Crippen molar-refractivity contribution in [1.82, 2.24) is 9.55 Å². The van der Waals surface area contributed by atoms with E-state index >= 15 is 0 Å². The van der Waals surface area contributed by atoms with E-state index in [1.54, 1.807) is 41.3 Å². The highest BCUT2D eigenvalue weighted by atomic mass is 16.2. The van der Waals surface area contributed by atoms with Crippen molar-refractivity contribution in [2.45, 2.75) is 25.9 Å². The van der Waals surface area contributed by atoms with Crippen molar-refractivity contribution in [2.24, 2.45) is 0 Å². The van der Waals surface area contributed by atoms with Gasteiger partial charge in [-0.2, -0.15) is 0 Å². The first-order valence-corrected chi connectivity index (χ1v) is 8.70. The van der Waals surface area contributed by atoms with E-state index in [2.05, 4.69) is 10.3 Å². The molecule has 4 rings (SSSR count). The molecule has 0 aliphatic carbocycles. The summed E-state index contributed by atoms with van der Waals surface area (Å²) in [5.41, 5.74) is 1.54. The minimum atomic E-state index is -0.328. The Labute approximate surface area is 155 Å². The van der Waals surface area contributed by atoms with E-state index < -0.39 is 0 Å². The molecule has 2 heterocycles. The molecule has 2 amide bonds. The van der Waals surface area contributed by atoms with Crippen molar-refractivity contribution in [3.63, 3.8) is 0 Å². The summed E-state index contributed by atoms with van der Waals surface area (Å²) in [7, 11) is 0. The Bertz CT molecular complexity index is 1110. The first-order chi connectivity index (χ1) is 13.0. The van der Waals surface area contributed by atoms with Gasteiger partial charge in [0.05, 0.1) is 28.6 Å². The Morgan fingerprint density at radius 3 is 2.74 bits per heavy atom. The molecule has 1 aliphatic rings. The molecular formula is C20H18N4O3. The van der Waals surface area contributed by atoms with Crippen molar-refractivity contribution in [3.8, 4) is 0 Å². The summed E-state index contributed by atoms with van der Waals surface area (Å²) < 4.78 is 1.31. The number of carbonyl (C=O) groups is 2. The number of anilines is 2. The molecule has 7 nitrogen and oxygen atoms in total. The number of hydrogen-bond donors (Lipinski definition) is 1. The highest BCUT2D eigenvalue weighted by Crippen LogP contribution is 2.31. The normalized spacial score (nSPS) is 16.6. The fourth-order valence-electron chi connectivity index (χ4n) is 3.41. The fourth-order valence-corrected chi connectivity index (χ4v) is 3.41. The third-order valence-electron chi connectivity index (χ3n) is 4.67. The van der Waals surface area contributed by atoms with E-state index in [4.69, 9.17) is 0 Å². The van der Waals surface area contributed by atoms with Gasteiger partial charge in [0.2, 0.25) is 11.8 Å². The smallest absolute Gasteiger partial charge is 0.261 e. The molecule has 1 atom stereocenters. The largest absolute Gasteiger partial charge is 0.324 e. The molecule has 0 saturated carbocycles. The summed E-state index contributed by atoms with van der Waals surface area (Å²) in [6.45, 7) is 1.67. The maximum absolute atomic E-state index is 13.1. The van der Waals surface area contributed by atoms with Crippen LogP contribution in [0.4, 0.5) is 11.4 Å². The molecule has 0 saturated heterocycles. The number of benzene rings is 2. The third kappa shape index (κ3) is 3.08. The molecule has 7 heteroatoms. The zero-order valence-electron chi connectivity index (χ0n) is 14.8. The Balaban J connectivity index is 1.71. The van der Waals surface area contributed by atoms with Crippen molar-refractivity contribution < 1.29 is 9.59 Å². The van der Waals surface area contributed by atoms with Gasteiger partial charge in [-0.15, -0.1) is 0 Å². The van der Waals surface area contributed by atoms with Gasteiger partial charge in [0.25, 0.3) is 5.56 Å². The molecule has 1 aliphatic heterocycles. The van der Waals surface area contributed by atoms with Gasteiger partial charge in [-0.05, 0) is 31.2 Å². The monoisotopic (exact) mass is 362 g/mol. The summed E-state index contributed by atoms with van der Waals surface area (Å²) in [6, 6.07) is 13.9. The number of para-hydroxylation sites is 3. The molecule has 0 bridgehead atoms. The quantitative estimate of drug-likeness (QED) is 0.757. The lowest BCUT2D eigenvalue weighted by molar-refractivity contribution is -0.120. The number of rotatable bonds is 2. The second-order valence-corrected chi connectivity index (χ2v) is 6.58. The maximum atomic E-state index is 13.1. The Kier molecular flexibility index (Phi) is 4.19. The number of fused-ring (bicyclic) bond motifs is 2. The van der Waals surface area contributed by atoms with E-state index in [1.165, 1.54) is 10.9 Å².